The Bertz CT molecular complexity index is 926. The van der Waals surface area contributed by atoms with Crippen LogP contribution in [0.1, 0.15) is 21.6 Å². The number of rotatable bonds is 3. The lowest BCUT2D eigenvalue weighted by molar-refractivity contribution is 0.0948. The number of nitrogens with one attached hydrogen (secondary N) is 1. The first kappa shape index (κ1) is 15.3. The van der Waals surface area contributed by atoms with Crippen LogP contribution in [0.25, 0.3) is 11.5 Å². The normalized spacial score (nSPS) is 12.8. The molecule has 3 aromatic rings. The summed E-state index contributed by atoms with van der Waals surface area (Å²) in [5.41, 5.74) is 7.00. The number of anilines is 1. The summed E-state index contributed by atoms with van der Waals surface area (Å²) in [6, 6.07) is 13.6. The summed E-state index contributed by atoms with van der Waals surface area (Å²) < 4.78 is 0. The lowest BCUT2D eigenvalue weighted by Gasteiger charge is -2.20. The Balaban J connectivity index is 1.55. The van der Waals surface area contributed by atoms with E-state index in [1.54, 1.807) is 19.3 Å². The summed E-state index contributed by atoms with van der Waals surface area (Å²) in [7, 11) is 0. The van der Waals surface area contributed by atoms with E-state index < -0.39 is 0 Å². The minimum Gasteiger partial charge on any atom is -0.285 e. The monoisotopic (exact) mass is 331 g/mol. The molecular weight excluding hydrogens is 314 g/mol. The van der Waals surface area contributed by atoms with Crippen LogP contribution >= 0.6 is 0 Å². The molecule has 0 radical (unpaired) electrons. The minimum atomic E-state index is -0.207. The first-order valence-corrected chi connectivity index (χ1v) is 8.14. The van der Waals surface area contributed by atoms with E-state index in [4.69, 9.17) is 0 Å². The number of carbonyl (C=O) groups excluding carboxylic acids is 1. The number of benzene rings is 1. The van der Waals surface area contributed by atoms with Gasteiger partial charge >= 0.3 is 0 Å². The summed E-state index contributed by atoms with van der Waals surface area (Å²) in [5, 5.41) is 1.88. The molecule has 2 aromatic heterocycles. The maximum Gasteiger partial charge on any atom is 0.273 e. The molecule has 0 aliphatic carbocycles. The number of nitrogens with zero attached hydrogens (tertiary/aromatic N) is 4. The highest BCUT2D eigenvalue weighted by Gasteiger charge is 2.22. The predicted molar refractivity (Wildman–Crippen MR) is 95.0 cm³/mol. The molecule has 6 heteroatoms. The van der Waals surface area contributed by atoms with Gasteiger partial charge in [0, 0.05) is 18.9 Å². The molecule has 25 heavy (non-hydrogen) atoms. The summed E-state index contributed by atoms with van der Waals surface area (Å²) in [5.74, 6) is 0.308. The second-order valence-electron chi connectivity index (χ2n) is 5.88. The number of aryl methyl sites for hydroxylation is 1. The summed E-state index contributed by atoms with van der Waals surface area (Å²) in [4.78, 5) is 25.6. The van der Waals surface area contributed by atoms with Crippen LogP contribution in [0.2, 0.25) is 0 Å². The quantitative estimate of drug-likeness (QED) is 0.799. The molecule has 1 amide bonds. The third kappa shape index (κ3) is 2.94. The van der Waals surface area contributed by atoms with Crippen molar-refractivity contribution >= 4 is 11.6 Å². The molecule has 1 aliphatic heterocycles. The number of hydrogen-bond acceptors (Lipinski definition) is 5. The van der Waals surface area contributed by atoms with Crippen molar-refractivity contribution in [2.24, 2.45) is 0 Å². The third-order valence-corrected chi connectivity index (χ3v) is 4.24. The maximum atomic E-state index is 12.6. The highest BCUT2D eigenvalue weighted by Crippen LogP contribution is 2.25. The van der Waals surface area contributed by atoms with Crippen LogP contribution in [0, 0.1) is 6.92 Å². The Morgan fingerprint density at radius 1 is 1.12 bits per heavy atom. The highest BCUT2D eigenvalue weighted by molar-refractivity contribution is 5.96. The van der Waals surface area contributed by atoms with E-state index >= 15 is 0 Å². The molecule has 1 N–H and O–H groups in total. The highest BCUT2D eigenvalue weighted by atomic mass is 16.2. The molecule has 6 nitrogen and oxygen atoms in total. The van der Waals surface area contributed by atoms with Gasteiger partial charge in [-0.15, -0.1) is 0 Å². The smallest absolute Gasteiger partial charge is 0.273 e. The minimum absolute atomic E-state index is 0.207. The van der Waals surface area contributed by atoms with Crippen molar-refractivity contribution in [3.05, 3.63) is 71.7 Å². The van der Waals surface area contributed by atoms with E-state index in [0.717, 1.165) is 18.7 Å². The van der Waals surface area contributed by atoms with Gasteiger partial charge in [0.05, 0.1) is 16.9 Å². The predicted octanol–water partition coefficient (Wildman–Crippen LogP) is 2.55. The molecule has 0 bridgehead atoms. The molecule has 0 unspecified atom stereocenters. The Morgan fingerprint density at radius 2 is 1.96 bits per heavy atom. The van der Waals surface area contributed by atoms with Crippen LogP contribution in [0.15, 0.2) is 54.9 Å². The lowest BCUT2D eigenvalue weighted by Crippen LogP contribution is -2.41. The van der Waals surface area contributed by atoms with Crippen LogP contribution in [-0.4, -0.2) is 27.4 Å². The Labute approximate surface area is 145 Å². The number of para-hydroxylation sites is 1. The zero-order chi connectivity index (χ0) is 17.2. The number of amides is 1. The second-order valence-corrected chi connectivity index (χ2v) is 5.88. The van der Waals surface area contributed by atoms with Crippen LogP contribution in [0.5, 0.6) is 0 Å². The van der Waals surface area contributed by atoms with E-state index in [1.807, 2.05) is 41.4 Å². The van der Waals surface area contributed by atoms with Crippen molar-refractivity contribution in [3.63, 3.8) is 0 Å². The van der Waals surface area contributed by atoms with Crippen molar-refractivity contribution < 1.29 is 4.79 Å². The number of pyridine rings is 1. The fourth-order valence-electron chi connectivity index (χ4n) is 2.95. The molecule has 1 aliphatic rings. The van der Waals surface area contributed by atoms with Gasteiger partial charge in [0.2, 0.25) is 0 Å². The van der Waals surface area contributed by atoms with E-state index in [-0.39, 0.29) is 5.91 Å². The standard InChI is InChI=1S/C19H17N5O/c1-13-15(12-21-18(22-13)16-7-4-5-10-20-16)19(25)23-24-11-9-14-6-2-3-8-17(14)24/h2-8,10,12H,9,11H2,1H3,(H,23,25). The van der Waals surface area contributed by atoms with Crippen LogP contribution in [-0.2, 0) is 6.42 Å². The fraction of sp³-hybridized carbons (Fsp3) is 0.158. The summed E-state index contributed by atoms with van der Waals surface area (Å²) >= 11 is 0. The Hall–Kier alpha value is -3.28. The molecule has 0 atom stereocenters. The van der Waals surface area contributed by atoms with E-state index in [2.05, 4.69) is 26.4 Å². The number of hydrazine groups is 1. The summed E-state index contributed by atoms with van der Waals surface area (Å²) in [6.45, 7) is 2.57. The summed E-state index contributed by atoms with van der Waals surface area (Å²) in [6.07, 6.45) is 4.17. The molecular formula is C19H17N5O. The van der Waals surface area contributed by atoms with Gasteiger partial charge in [-0.3, -0.25) is 20.2 Å². The average Bonchev–Trinajstić information content (AvgIpc) is 3.05. The van der Waals surface area contributed by atoms with Gasteiger partial charge in [-0.1, -0.05) is 24.3 Å². The maximum absolute atomic E-state index is 12.6. The van der Waals surface area contributed by atoms with E-state index in [9.17, 15) is 4.79 Å². The average molecular weight is 331 g/mol. The topological polar surface area (TPSA) is 71.0 Å². The van der Waals surface area contributed by atoms with Crippen LogP contribution in [0.3, 0.4) is 0 Å². The van der Waals surface area contributed by atoms with Crippen LogP contribution < -0.4 is 10.4 Å². The van der Waals surface area contributed by atoms with Gasteiger partial charge in [-0.2, -0.15) is 0 Å². The first-order valence-electron chi connectivity index (χ1n) is 8.14. The zero-order valence-electron chi connectivity index (χ0n) is 13.8. The third-order valence-electron chi connectivity index (χ3n) is 4.24. The number of hydrogen-bond donors (Lipinski definition) is 1. The molecule has 0 fully saturated rings. The van der Waals surface area contributed by atoms with E-state index in [1.165, 1.54) is 5.56 Å². The number of aromatic nitrogens is 3. The Kier molecular flexibility index (Phi) is 3.85. The van der Waals surface area contributed by atoms with Crippen molar-refractivity contribution in [3.8, 4) is 11.5 Å². The molecule has 124 valence electrons. The molecule has 4 rings (SSSR count). The second kappa shape index (κ2) is 6.32. The lowest BCUT2D eigenvalue weighted by atomic mass is 10.2. The van der Waals surface area contributed by atoms with Crippen molar-refractivity contribution in [2.45, 2.75) is 13.3 Å². The van der Waals surface area contributed by atoms with Gasteiger partial charge < -0.3 is 0 Å². The van der Waals surface area contributed by atoms with Gasteiger partial charge in [0.1, 0.15) is 5.69 Å². The fourth-order valence-corrected chi connectivity index (χ4v) is 2.95. The van der Waals surface area contributed by atoms with Gasteiger partial charge in [-0.05, 0) is 37.1 Å². The Morgan fingerprint density at radius 3 is 2.76 bits per heavy atom. The number of fused-ring (bicyclic) bond motifs is 1. The molecule has 0 saturated carbocycles. The van der Waals surface area contributed by atoms with Crippen LogP contribution in [0.4, 0.5) is 5.69 Å². The van der Waals surface area contributed by atoms with Crippen molar-refractivity contribution in [2.75, 3.05) is 11.6 Å². The number of carbonyl (C=O) groups is 1. The first-order chi connectivity index (χ1) is 12.2. The van der Waals surface area contributed by atoms with Gasteiger partial charge in [0.15, 0.2) is 5.82 Å². The van der Waals surface area contributed by atoms with Gasteiger partial charge in [-0.25, -0.2) is 9.97 Å². The van der Waals surface area contributed by atoms with Crippen molar-refractivity contribution in [1.82, 2.24) is 20.4 Å². The molecule has 3 heterocycles. The molecule has 0 spiro atoms. The zero-order valence-corrected chi connectivity index (χ0v) is 13.8. The largest absolute Gasteiger partial charge is 0.285 e. The molecule has 1 aromatic carbocycles. The SMILES string of the molecule is Cc1nc(-c2ccccn2)ncc1C(=O)NN1CCc2ccccc21. The van der Waals surface area contributed by atoms with Gasteiger partial charge in [0.25, 0.3) is 5.91 Å². The van der Waals surface area contributed by atoms with Crippen molar-refractivity contribution in [1.29, 1.82) is 0 Å². The van der Waals surface area contributed by atoms with E-state index in [0.29, 0.717) is 22.8 Å². The molecule has 0 saturated heterocycles.